The highest BCUT2D eigenvalue weighted by atomic mass is 32.2. The normalized spacial score (nSPS) is 17.2. The molecule has 0 saturated carbocycles. The Labute approximate surface area is 167 Å². The fraction of sp³-hybridized carbons (Fsp3) is 0.409. The van der Waals surface area contributed by atoms with Crippen LogP contribution in [-0.2, 0) is 21.2 Å². The minimum absolute atomic E-state index is 0.00354. The van der Waals surface area contributed by atoms with Crippen LogP contribution in [0.5, 0.6) is 0 Å². The van der Waals surface area contributed by atoms with Gasteiger partial charge in [0.25, 0.3) is 0 Å². The van der Waals surface area contributed by atoms with Gasteiger partial charge in [0.15, 0.2) is 0 Å². The molecule has 5 nitrogen and oxygen atoms in total. The minimum atomic E-state index is -3.48. The molecule has 0 aromatic heterocycles. The lowest BCUT2D eigenvalue weighted by Crippen LogP contribution is -2.43. The van der Waals surface area contributed by atoms with Crippen LogP contribution in [0.2, 0.25) is 0 Å². The standard InChI is InChI=1S/C22H28N2O3S/c1-3-18-9-11-19(12-10-18)17(2)23-22(25)20-13-15-24(16-14-20)28(26,27)21-7-5-4-6-8-21/h4-12,17,20H,3,13-16H2,1-2H3,(H,23,25)/t17-/m1/s1. The molecule has 0 radical (unpaired) electrons. The van der Waals surface area contributed by atoms with Crippen LogP contribution in [0.4, 0.5) is 0 Å². The topological polar surface area (TPSA) is 66.5 Å². The Morgan fingerprint density at radius 1 is 1.07 bits per heavy atom. The van der Waals surface area contributed by atoms with E-state index < -0.39 is 10.0 Å². The first-order chi connectivity index (χ1) is 13.4. The van der Waals surface area contributed by atoms with Crippen LogP contribution in [0.1, 0.15) is 43.9 Å². The Hall–Kier alpha value is -2.18. The van der Waals surface area contributed by atoms with E-state index in [2.05, 4.69) is 36.5 Å². The number of nitrogens with zero attached hydrogens (tertiary/aromatic N) is 1. The summed E-state index contributed by atoms with van der Waals surface area (Å²) in [6.07, 6.45) is 2.07. The molecule has 1 fully saturated rings. The second-order valence-corrected chi connectivity index (χ2v) is 9.25. The van der Waals surface area contributed by atoms with Crippen molar-refractivity contribution in [3.63, 3.8) is 0 Å². The summed E-state index contributed by atoms with van der Waals surface area (Å²) in [7, 11) is -3.48. The maximum atomic E-state index is 12.7. The molecule has 1 heterocycles. The fourth-order valence-corrected chi connectivity index (χ4v) is 5.05. The highest BCUT2D eigenvalue weighted by molar-refractivity contribution is 7.89. The first-order valence-corrected chi connectivity index (χ1v) is 11.3. The smallest absolute Gasteiger partial charge is 0.243 e. The number of hydrogen-bond donors (Lipinski definition) is 1. The summed E-state index contributed by atoms with van der Waals surface area (Å²) in [5.74, 6) is -0.150. The number of benzene rings is 2. The lowest BCUT2D eigenvalue weighted by Gasteiger charge is -2.31. The summed E-state index contributed by atoms with van der Waals surface area (Å²) in [5.41, 5.74) is 2.35. The molecule has 0 spiro atoms. The van der Waals surface area contributed by atoms with Gasteiger partial charge in [0.05, 0.1) is 10.9 Å². The van der Waals surface area contributed by atoms with Crippen LogP contribution in [0.25, 0.3) is 0 Å². The Balaban J connectivity index is 1.56. The second-order valence-electron chi connectivity index (χ2n) is 7.32. The van der Waals surface area contributed by atoms with Gasteiger partial charge in [-0.1, -0.05) is 49.4 Å². The Kier molecular flexibility index (Phi) is 6.52. The molecular weight excluding hydrogens is 372 g/mol. The molecule has 1 amide bonds. The summed E-state index contributed by atoms with van der Waals surface area (Å²) < 4.78 is 26.9. The van der Waals surface area contributed by atoms with E-state index in [9.17, 15) is 13.2 Å². The van der Waals surface area contributed by atoms with Crippen molar-refractivity contribution in [2.24, 2.45) is 5.92 Å². The summed E-state index contributed by atoms with van der Waals surface area (Å²) in [6.45, 7) is 4.84. The molecule has 150 valence electrons. The number of piperidine rings is 1. The van der Waals surface area contributed by atoms with Crippen molar-refractivity contribution in [3.05, 3.63) is 65.7 Å². The third kappa shape index (κ3) is 4.62. The molecule has 3 rings (SSSR count). The first kappa shape index (κ1) is 20.6. The van der Waals surface area contributed by atoms with Crippen LogP contribution in [-0.4, -0.2) is 31.7 Å². The first-order valence-electron chi connectivity index (χ1n) is 9.86. The Morgan fingerprint density at radius 3 is 2.25 bits per heavy atom. The zero-order chi connectivity index (χ0) is 20.1. The predicted molar refractivity (Wildman–Crippen MR) is 110 cm³/mol. The third-order valence-electron chi connectivity index (χ3n) is 5.45. The Bertz CT molecular complexity index is 887. The summed E-state index contributed by atoms with van der Waals surface area (Å²) in [5, 5.41) is 3.08. The summed E-state index contributed by atoms with van der Waals surface area (Å²) in [6, 6.07) is 16.7. The molecule has 1 saturated heterocycles. The van der Waals surface area contributed by atoms with Crippen molar-refractivity contribution in [3.8, 4) is 0 Å². The number of rotatable bonds is 6. The number of aryl methyl sites for hydroxylation is 1. The molecule has 1 aliphatic rings. The molecule has 28 heavy (non-hydrogen) atoms. The van der Waals surface area contributed by atoms with Gasteiger partial charge in [0.2, 0.25) is 15.9 Å². The van der Waals surface area contributed by atoms with E-state index in [1.807, 2.05) is 6.92 Å². The number of carbonyl (C=O) groups excluding carboxylic acids is 1. The lowest BCUT2D eigenvalue weighted by molar-refractivity contribution is -0.126. The molecule has 0 unspecified atom stereocenters. The largest absolute Gasteiger partial charge is 0.349 e. The van der Waals surface area contributed by atoms with E-state index in [1.54, 1.807) is 30.3 Å². The van der Waals surface area contributed by atoms with Crippen molar-refractivity contribution < 1.29 is 13.2 Å². The number of hydrogen-bond acceptors (Lipinski definition) is 3. The monoisotopic (exact) mass is 400 g/mol. The van der Waals surface area contributed by atoms with Crippen LogP contribution < -0.4 is 5.32 Å². The highest BCUT2D eigenvalue weighted by Crippen LogP contribution is 2.24. The van der Waals surface area contributed by atoms with Gasteiger partial charge in [-0.2, -0.15) is 4.31 Å². The van der Waals surface area contributed by atoms with E-state index in [1.165, 1.54) is 9.87 Å². The fourth-order valence-electron chi connectivity index (χ4n) is 3.56. The highest BCUT2D eigenvalue weighted by Gasteiger charge is 2.32. The van der Waals surface area contributed by atoms with Gasteiger partial charge in [0, 0.05) is 19.0 Å². The molecule has 2 aromatic carbocycles. The van der Waals surface area contributed by atoms with Gasteiger partial charge in [0.1, 0.15) is 0 Å². The number of nitrogens with one attached hydrogen (secondary N) is 1. The van der Waals surface area contributed by atoms with Crippen LogP contribution in [0.15, 0.2) is 59.5 Å². The van der Waals surface area contributed by atoms with Crippen molar-refractivity contribution >= 4 is 15.9 Å². The van der Waals surface area contributed by atoms with Gasteiger partial charge in [-0.05, 0) is 49.4 Å². The van der Waals surface area contributed by atoms with Crippen molar-refractivity contribution in [1.29, 1.82) is 0 Å². The van der Waals surface area contributed by atoms with E-state index in [0.29, 0.717) is 30.8 Å². The maximum absolute atomic E-state index is 12.7. The van der Waals surface area contributed by atoms with Gasteiger partial charge in [-0.25, -0.2) is 8.42 Å². The maximum Gasteiger partial charge on any atom is 0.243 e. The van der Waals surface area contributed by atoms with E-state index >= 15 is 0 Å². The van der Waals surface area contributed by atoms with E-state index in [-0.39, 0.29) is 17.9 Å². The van der Waals surface area contributed by atoms with Gasteiger partial charge in [-0.15, -0.1) is 0 Å². The predicted octanol–water partition coefficient (Wildman–Crippen LogP) is 3.53. The number of amides is 1. The summed E-state index contributed by atoms with van der Waals surface area (Å²) >= 11 is 0. The molecule has 1 atom stereocenters. The molecule has 0 bridgehead atoms. The van der Waals surface area contributed by atoms with E-state index in [4.69, 9.17) is 0 Å². The van der Waals surface area contributed by atoms with Crippen LogP contribution in [0, 0.1) is 5.92 Å². The molecule has 6 heteroatoms. The molecule has 0 aliphatic carbocycles. The average Bonchev–Trinajstić information content (AvgIpc) is 2.74. The average molecular weight is 401 g/mol. The van der Waals surface area contributed by atoms with Gasteiger partial charge in [-0.3, -0.25) is 4.79 Å². The lowest BCUT2D eigenvalue weighted by atomic mass is 9.96. The third-order valence-corrected chi connectivity index (χ3v) is 7.37. The zero-order valence-electron chi connectivity index (χ0n) is 16.5. The molecule has 2 aromatic rings. The van der Waals surface area contributed by atoms with Crippen molar-refractivity contribution in [1.82, 2.24) is 9.62 Å². The van der Waals surface area contributed by atoms with Crippen LogP contribution >= 0.6 is 0 Å². The minimum Gasteiger partial charge on any atom is -0.349 e. The SMILES string of the molecule is CCc1ccc([C@@H](C)NC(=O)C2CCN(S(=O)(=O)c3ccccc3)CC2)cc1. The van der Waals surface area contributed by atoms with Gasteiger partial charge < -0.3 is 5.32 Å². The molecule has 1 N–H and O–H groups in total. The molecule has 1 aliphatic heterocycles. The van der Waals surface area contributed by atoms with Crippen molar-refractivity contribution in [2.75, 3.05) is 13.1 Å². The second kappa shape index (κ2) is 8.88. The quantitative estimate of drug-likeness (QED) is 0.807. The summed E-state index contributed by atoms with van der Waals surface area (Å²) in [4.78, 5) is 13.0. The van der Waals surface area contributed by atoms with Crippen LogP contribution in [0.3, 0.4) is 0 Å². The zero-order valence-corrected chi connectivity index (χ0v) is 17.3. The van der Waals surface area contributed by atoms with Crippen molar-refractivity contribution in [2.45, 2.75) is 44.0 Å². The Morgan fingerprint density at radius 2 is 1.68 bits per heavy atom. The molecular formula is C22H28N2O3S. The number of sulfonamides is 1. The van der Waals surface area contributed by atoms with Gasteiger partial charge >= 0.3 is 0 Å². The number of carbonyl (C=O) groups is 1. The van der Waals surface area contributed by atoms with E-state index in [0.717, 1.165) is 12.0 Å².